The monoisotopic (exact) mass is 524 g/mol. The first kappa shape index (κ1) is 13.5. The van der Waals surface area contributed by atoms with Crippen LogP contribution < -0.4 is 9.47 Å². The van der Waals surface area contributed by atoms with Gasteiger partial charge in [0.05, 0.1) is 15.8 Å². The topological polar surface area (TPSA) is 36.9 Å². The van der Waals surface area contributed by atoms with Crippen LogP contribution in [-0.2, 0) is 9.47 Å². The number of rotatable bonds is 0. The number of fused-ring (bicyclic) bond motifs is 13. The molecule has 6 rings (SSSR count). The molecule has 1 aromatic rings. The average molecular weight is 524 g/mol. The van der Waals surface area contributed by atoms with Crippen molar-refractivity contribution in [1.82, 2.24) is 0 Å². The highest BCUT2D eigenvalue weighted by Crippen LogP contribution is 2.59. The highest BCUT2D eigenvalue weighted by molar-refractivity contribution is 14.1. The quantitative estimate of drug-likeness (QED) is 0.490. The number of halogens is 2. The van der Waals surface area contributed by atoms with E-state index in [0.29, 0.717) is 24.0 Å². The van der Waals surface area contributed by atoms with Gasteiger partial charge in [0.1, 0.15) is 12.2 Å². The van der Waals surface area contributed by atoms with Crippen molar-refractivity contribution in [2.75, 3.05) is 0 Å². The third-order valence-electron chi connectivity index (χ3n) is 5.92. The van der Waals surface area contributed by atoms with E-state index in [1.807, 2.05) is 0 Å². The van der Waals surface area contributed by atoms with Crippen LogP contribution in [0.2, 0.25) is 0 Å². The summed E-state index contributed by atoms with van der Waals surface area (Å²) in [6, 6.07) is 4.19. The van der Waals surface area contributed by atoms with Crippen LogP contribution in [-0.4, -0.2) is 36.6 Å². The van der Waals surface area contributed by atoms with E-state index in [0.717, 1.165) is 15.1 Å². The summed E-state index contributed by atoms with van der Waals surface area (Å²) in [5.74, 6) is 2.78. The third kappa shape index (κ3) is 1.56. The van der Waals surface area contributed by atoms with Crippen LogP contribution in [0.4, 0.5) is 0 Å². The van der Waals surface area contributed by atoms with Crippen molar-refractivity contribution in [3.63, 3.8) is 0 Å². The van der Waals surface area contributed by atoms with E-state index in [9.17, 15) is 0 Å². The van der Waals surface area contributed by atoms with Crippen molar-refractivity contribution in [2.45, 2.75) is 49.5 Å². The molecule has 1 aromatic carbocycles. The summed E-state index contributed by atoms with van der Waals surface area (Å²) in [4.78, 5) is 0. The molecular formula is C16H14I2O4. The van der Waals surface area contributed by atoms with Gasteiger partial charge in [0.15, 0.2) is 23.7 Å². The molecule has 0 spiro atoms. The van der Waals surface area contributed by atoms with Gasteiger partial charge in [-0.05, 0) is 70.2 Å². The van der Waals surface area contributed by atoms with Crippen LogP contribution in [0, 0.1) is 19.0 Å². The minimum absolute atomic E-state index is 0.0234. The minimum Gasteiger partial charge on any atom is -0.480 e. The normalized spacial score (nSPS) is 49.4. The lowest BCUT2D eigenvalue weighted by Crippen LogP contribution is -2.56. The largest absolute Gasteiger partial charge is 0.480 e. The average Bonchev–Trinajstić information content (AvgIpc) is 3.23. The number of ether oxygens (including phenoxy) is 4. The maximum atomic E-state index is 6.38. The zero-order valence-electron chi connectivity index (χ0n) is 11.6. The SMILES string of the molecule is Ic1cc(I)c2c(c1)OC1C(O2)C2OC1C1C3CCC(O3)C21. The van der Waals surface area contributed by atoms with Gasteiger partial charge >= 0.3 is 0 Å². The second-order valence-electron chi connectivity index (χ2n) is 6.89. The lowest BCUT2D eigenvalue weighted by molar-refractivity contribution is -0.0209. The number of benzene rings is 1. The molecule has 4 bridgehead atoms. The number of hydrogen-bond acceptors (Lipinski definition) is 4. The van der Waals surface area contributed by atoms with Crippen molar-refractivity contribution in [1.29, 1.82) is 0 Å². The maximum Gasteiger partial charge on any atom is 0.175 e. The fourth-order valence-corrected chi connectivity index (χ4v) is 7.15. The van der Waals surface area contributed by atoms with E-state index in [2.05, 4.69) is 57.3 Å². The summed E-state index contributed by atoms with van der Waals surface area (Å²) in [6.07, 6.45) is 3.45. The van der Waals surface area contributed by atoms with Crippen LogP contribution in [0.1, 0.15) is 12.8 Å². The molecule has 0 saturated carbocycles. The van der Waals surface area contributed by atoms with Crippen molar-refractivity contribution in [3.05, 3.63) is 19.3 Å². The molecule has 5 heterocycles. The molecule has 22 heavy (non-hydrogen) atoms. The molecule has 4 nitrogen and oxygen atoms in total. The van der Waals surface area contributed by atoms with Crippen molar-refractivity contribution >= 4 is 45.2 Å². The predicted molar refractivity (Wildman–Crippen MR) is 94.2 cm³/mol. The Balaban J connectivity index is 1.42. The van der Waals surface area contributed by atoms with Crippen LogP contribution in [0.25, 0.3) is 0 Å². The Hall–Kier alpha value is 0.200. The summed E-state index contributed by atoms with van der Waals surface area (Å²) in [7, 11) is 0. The molecule has 0 aromatic heterocycles. The van der Waals surface area contributed by atoms with Crippen LogP contribution in [0.5, 0.6) is 11.5 Å². The summed E-state index contributed by atoms with van der Waals surface area (Å²) < 4.78 is 27.5. The summed E-state index contributed by atoms with van der Waals surface area (Å²) in [5.41, 5.74) is 0. The van der Waals surface area contributed by atoms with Gasteiger partial charge in [0.25, 0.3) is 0 Å². The van der Waals surface area contributed by atoms with Crippen molar-refractivity contribution in [2.24, 2.45) is 11.8 Å². The van der Waals surface area contributed by atoms with E-state index >= 15 is 0 Å². The van der Waals surface area contributed by atoms with Gasteiger partial charge in [-0.3, -0.25) is 0 Å². The van der Waals surface area contributed by atoms with E-state index in [1.165, 1.54) is 16.4 Å². The standard InChI is InChI=1S/C16H14I2O4/c17-5-3-6(18)12-9(4-5)20-15-13-10-7-1-2-8(19-7)11(10)14(22-13)16(15)21-12/h3-4,7-8,10-11,13-16H,1-2H2. The Morgan fingerprint density at radius 3 is 2.23 bits per heavy atom. The Kier molecular flexibility index (Phi) is 2.71. The molecule has 8 unspecified atom stereocenters. The summed E-state index contributed by atoms with van der Waals surface area (Å²) in [5, 5.41) is 0. The predicted octanol–water partition coefficient (Wildman–Crippen LogP) is 2.98. The van der Waals surface area contributed by atoms with E-state index < -0.39 is 0 Å². The Bertz CT molecular complexity index is 680. The molecule has 0 aliphatic carbocycles. The maximum absolute atomic E-state index is 6.38. The van der Waals surface area contributed by atoms with Gasteiger partial charge in [0.2, 0.25) is 0 Å². The first-order valence-corrected chi connectivity index (χ1v) is 10.00. The van der Waals surface area contributed by atoms with Gasteiger partial charge in [-0.1, -0.05) is 0 Å². The van der Waals surface area contributed by atoms with Crippen LogP contribution in [0.15, 0.2) is 12.1 Å². The zero-order chi connectivity index (χ0) is 14.6. The minimum atomic E-state index is 0.0234. The van der Waals surface area contributed by atoms with Gasteiger partial charge in [0, 0.05) is 15.4 Å². The Labute approximate surface area is 155 Å². The van der Waals surface area contributed by atoms with Gasteiger partial charge < -0.3 is 18.9 Å². The second-order valence-corrected chi connectivity index (χ2v) is 9.30. The lowest BCUT2D eigenvalue weighted by Gasteiger charge is -2.41. The molecule has 0 radical (unpaired) electrons. The molecule has 0 amide bonds. The summed E-state index contributed by atoms with van der Waals surface area (Å²) >= 11 is 4.65. The first-order chi connectivity index (χ1) is 10.7. The Morgan fingerprint density at radius 1 is 0.818 bits per heavy atom. The fourth-order valence-electron chi connectivity index (χ4n) is 5.23. The lowest BCUT2D eigenvalue weighted by atomic mass is 9.69. The molecule has 0 N–H and O–H groups in total. The van der Waals surface area contributed by atoms with Gasteiger partial charge in [-0.25, -0.2) is 0 Å². The third-order valence-corrected chi connectivity index (χ3v) is 7.35. The zero-order valence-corrected chi connectivity index (χ0v) is 15.9. The molecular weight excluding hydrogens is 510 g/mol. The highest BCUT2D eigenvalue weighted by atomic mass is 127. The van der Waals surface area contributed by atoms with Gasteiger partial charge in [-0.2, -0.15) is 0 Å². The fraction of sp³-hybridized carbons (Fsp3) is 0.625. The smallest absolute Gasteiger partial charge is 0.175 e. The Morgan fingerprint density at radius 2 is 1.50 bits per heavy atom. The molecule has 6 heteroatoms. The second kappa shape index (κ2) is 4.43. The molecule has 4 fully saturated rings. The van der Waals surface area contributed by atoms with E-state index in [4.69, 9.17) is 18.9 Å². The molecule has 5 aliphatic heterocycles. The van der Waals surface area contributed by atoms with Crippen LogP contribution in [0.3, 0.4) is 0 Å². The van der Waals surface area contributed by atoms with Gasteiger partial charge in [-0.15, -0.1) is 0 Å². The molecule has 5 aliphatic rings. The molecule has 116 valence electrons. The highest BCUT2D eigenvalue weighted by Gasteiger charge is 2.71. The molecule has 4 saturated heterocycles. The van der Waals surface area contributed by atoms with Crippen molar-refractivity contribution in [3.8, 4) is 11.5 Å². The van der Waals surface area contributed by atoms with E-state index in [-0.39, 0.29) is 24.4 Å². The molecule has 8 atom stereocenters. The van der Waals surface area contributed by atoms with Crippen molar-refractivity contribution < 1.29 is 18.9 Å². The van der Waals surface area contributed by atoms with E-state index in [1.54, 1.807) is 0 Å². The van der Waals surface area contributed by atoms with Crippen LogP contribution >= 0.6 is 45.2 Å². The summed E-state index contributed by atoms with van der Waals surface area (Å²) in [6.45, 7) is 0. The number of hydrogen-bond donors (Lipinski definition) is 0. The first-order valence-electron chi connectivity index (χ1n) is 7.84.